The molecule has 1 aliphatic heterocycles. The van der Waals surface area contributed by atoms with E-state index in [4.69, 9.17) is 5.26 Å². The number of hydrogen-bond donors (Lipinski definition) is 1. The first-order valence-electron chi connectivity index (χ1n) is 9.08. The van der Waals surface area contributed by atoms with E-state index in [0.717, 1.165) is 18.5 Å². The highest BCUT2D eigenvalue weighted by atomic mass is 32.2. The second kappa shape index (κ2) is 6.75. The van der Waals surface area contributed by atoms with Gasteiger partial charge in [-0.2, -0.15) is 5.26 Å². The molecule has 1 N–H and O–H groups in total. The Kier molecular flexibility index (Phi) is 4.40. The molecule has 2 aliphatic rings. The molecule has 0 radical (unpaired) electrons. The van der Waals surface area contributed by atoms with Crippen molar-refractivity contribution in [3.8, 4) is 6.07 Å². The number of nitriles is 1. The first-order chi connectivity index (χ1) is 13.0. The third-order valence-electron chi connectivity index (χ3n) is 5.06. The number of fused-ring (bicyclic) bond motifs is 1. The van der Waals surface area contributed by atoms with Crippen LogP contribution < -0.4 is 4.72 Å². The number of hydrogen-bond acceptors (Lipinski definition) is 3. The van der Waals surface area contributed by atoms with E-state index in [2.05, 4.69) is 23.9 Å². The molecule has 138 valence electrons. The Balaban J connectivity index is 1.71. The molecule has 1 aromatic carbocycles. The molecule has 1 aromatic heterocycles. The molecule has 1 fully saturated rings. The molecule has 5 nitrogen and oxygen atoms in total. The van der Waals surface area contributed by atoms with Crippen molar-refractivity contribution in [3.05, 3.63) is 71.1 Å². The van der Waals surface area contributed by atoms with Crippen molar-refractivity contribution in [2.24, 2.45) is 0 Å². The van der Waals surface area contributed by atoms with Gasteiger partial charge in [0.2, 0.25) is 0 Å². The fourth-order valence-electron chi connectivity index (χ4n) is 3.29. The van der Waals surface area contributed by atoms with Crippen LogP contribution in [-0.2, 0) is 16.4 Å². The lowest BCUT2D eigenvalue weighted by Gasteiger charge is -2.17. The molecule has 0 unspecified atom stereocenters. The average molecular weight is 379 g/mol. The van der Waals surface area contributed by atoms with Crippen molar-refractivity contribution in [1.29, 1.82) is 5.26 Å². The van der Waals surface area contributed by atoms with E-state index in [1.54, 1.807) is 0 Å². The van der Waals surface area contributed by atoms with Gasteiger partial charge in [0.1, 0.15) is 5.82 Å². The first kappa shape index (κ1) is 17.6. The lowest BCUT2D eigenvalue weighted by Crippen LogP contribution is -2.26. The highest BCUT2D eigenvalue weighted by Crippen LogP contribution is 2.41. The zero-order chi connectivity index (χ0) is 19.0. The normalized spacial score (nSPS) is 17.0. The fourth-order valence-corrected chi connectivity index (χ4v) is 4.34. The van der Waals surface area contributed by atoms with Gasteiger partial charge in [-0.1, -0.05) is 11.6 Å². The standard InChI is InChI=1S/C21H21N3O2S/c1-15-2-8-19-12-18(17-6-7-17)14-24(19)21(11-3-15)23-27(25,26)20-9-4-16(13-22)5-10-20/h3-5,9-12,14,17,23H,2,6-8H2,1H3. The molecule has 0 saturated heterocycles. The molecule has 0 spiro atoms. The van der Waals surface area contributed by atoms with Gasteiger partial charge >= 0.3 is 0 Å². The van der Waals surface area contributed by atoms with Crippen LogP contribution in [0.1, 0.15) is 48.9 Å². The molecule has 0 bridgehead atoms. The Hall–Kier alpha value is -2.78. The number of aromatic nitrogens is 1. The Bertz CT molecular complexity index is 1080. The average Bonchev–Trinajstić information content (AvgIpc) is 3.42. The van der Waals surface area contributed by atoms with Crippen molar-refractivity contribution < 1.29 is 8.42 Å². The lowest BCUT2D eigenvalue weighted by atomic mass is 10.1. The van der Waals surface area contributed by atoms with Crippen LogP contribution in [0.15, 0.2) is 59.1 Å². The number of aryl methyl sites for hydroxylation is 1. The monoisotopic (exact) mass is 379 g/mol. The third kappa shape index (κ3) is 3.69. The summed E-state index contributed by atoms with van der Waals surface area (Å²) in [7, 11) is -3.75. The maximum atomic E-state index is 12.9. The molecule has 0 amide bonds. The van der Waals surface area contributed by atoms with E-state index < -0.39 is 10.0 Å². The Morgan fingerprint density at radius 1 is 1.15 bits per heavy atom. The van der Waals surface area contributed by atoms with E-state index in [0.29, 0.717) is 17.3 Å². The maximum absolute atomic E-state index is 12.9. The van der Waals surface area contributed by atoms with E-state index in [-0.39, 0.29) is 4.90 Å². The van der Waals surface area contributed by atoms with Crippen molar-refractivity contribution >= 4 is 15.8 Å². The molecule has 2 heterocycles. The van der Waals surface area contributed by atoms with Crippen LogP contribution >= 0.6 is 0 Å². The minimum atomic E-state index is -3.75. The third-order valence-corrected chi connectivity index (χ3v) is 6.43. The predicted molar refractivity (Wildman–Crippen MR) is 104 cm³/mol. The summed E-state index contributed by atoms with van der Waals surface area (Å²) in [5.74, 6) is 1.14. The highest BCUT2D eigenvalue weighted by molar-refractivity contribution is 7.89. The zero-order valence-electron chi connectivity index (χ0n) is 15.1. The highest BCUT2D eigenvalue weighted by Gasteiger charge is 2.27. The largest absolute Gasteiger partial charge is 0.306 e. The second-order valence-electron chi connectivity index (χ2n) is 7.22. The van der Waals surface area contributed by atoms with Gasteiger partial charge in [0.15, 0.2) is 0 Å². The Labute approximate surface area is 159 Å². The summed E-state index contributed by atoms with van der Waals surface area (Å²) < 4.78 is 30.5. The molecule has 2 aromatic rings. The number of nitrogens with one attached hydrogen (secondary N) is 1. The summed E-state index contributed by atoms with van der Waals surface area (Å²) in [5.41, 5.74) is 4.05. The van der Waals surface area contributed by atoms with Crippen molar-refractivity contribution in [1.82, 2.24) is 9.29 Å². The smallest absolute Gasteiger partial charge is 0.263 e. The van der Waals surface area contributed by atoms with Crippen LogP contribution in [0.5, 0.6) is 0 Å². The number of sulfonamides is 1. The van der Waals surface area contributed by atoms with Gasteiger partial charge in [0.25, 0.3) is 10.0 Å². The van der Waals surface area contributed by atoms with Gasteiger partial charge in [-0.05, 0) is 80.5 Å². The van der Waals surface area contributed by atoms with Crippen molar-refractivity contribution in [2.45, 2.75) is 43.4 Å². The van der Waals surface area contributed by atoms with Crippen molar-refractivity contribution in [2.75, 3.05) is 0 Å². The Morgan fingerprint density at radius 3 is 2.56 bits per heavy atom. The second-order valence-corrected chi connectivity index (χ2v) is 8.90. The SMILES string of the molecule is CC1=CC=C(NS(=O)(=O)c2ccc(C#N)cc2)n2cc(C3CC3)cc2CC1. The minimum Gasteiger partial charge on any atom is -0.306 e. The lowest BCUT2D eigenvalue weighted by molar-refractivity contribution is 0.590. The number of nitrogens with zero attached hydrogens (tertiary/aromatic N) is 2. The molecule has 6 heteroatoms. The van der Waals surface area contributed by atoms with E-state index in [9.17, 15) is 8.42 Å². The molecule has 1 aliphatic carbocycles. The van der Waals surface area contributed by atoms with E-state index >= 15 is 0 Å². The summed E-state index contributed by atoms with van der Waals surface area (Å²) in [5, 5.41) is 8.90. The summed E-state index contributed by atoms with van der Waals surface area (Å²) in [4.78, 5) is 0.140. The van der Waals surface area contributed by atoms with Gasteiger partial charge in [-0.15, -0.1) is 0 Å². The van der Waals surface area contributed by atoms with Gasteiger partial charge in [-0.3, -0.25) is 4.72 Å². The van der Waals surface area contributed by atoms with E-state index in [1.165, 1.54) is 48.2 Å². The molecular formula is C21H21N3O2S. The summed E-state index contributed by atoms with van der Waals surface area (Å²) in [6.07, 6.45) is 10.1. The van der Waals surface area contributed by atoms with Crippen molar-refractivity contribution in [3.63, 3.8) is 0 Å². The zero-order valence-corrected chi connectivity index (χ0v) is 16.0. The van der Waals surface area contributed by atoms with Crippen LogP contribution in [0.2, 0.25) is 0 Å². The quantitative estimate of drug-likeness (QED) is 0.875. The molecule has 4 rings (SSSR count). The molecule has 1 saturated carbocycles. The van der Waals surface area contributed by atoms with Gasteiger partial charge in [0, 0.05) is 11.9 Å². The maximum Gasteiger partial charge on any atom is 0.263 e. The van der Waals surface area contributed by atoms with Crippen LogP contribution in [0, 0.1) is 11.3 Å². The van der Waals surface area contributed by atoms with Crippen LogP contribution in [0.3, 0.4) is 0 Å². The van der Waals surface area contributed by atoms with Gasteiger partial charge in [0.05, 0.1) is 16.5 Å². The van der Waals surface area contributed by atoms with Crippen LogP contribution in [0.4, 0.5) is 0 Å². The van der Waals surface area contributed by atoms with E-state index in [1.807, 2.05) is 22.8 Å². The molecule has 0 atom stereocenters. The summed E-state index contributed by atoms with van der Waals surface area (Å²) >= 11 is 0. The number of allylic oxidation sites excluding steroid dienone is 3. The molecular weight excluding hydrogens is 358 g/mol. The Morgan fingerprint density at radius 2 is 1.89 bits per heavy atom. The van der Waals surface area contributed by atoms with Gasteiger partial charge < -0.3 is 4.57 Å². The topological polar surface area (TPSA) is 74.9 Å². The van der Waals surface area contributed by atoms with Crippen LogP contribution in [0.25, 0.3) is 5.82 Å². The summed E-state index contributed by atoms with van der Waals surface area (Å²) in [6, 6.07) is 10.1. The summed E-state index contributed by atoms with van der Waals surface area (Å²) in [6.45, 7) is 2.06. The molecule has 27 heavy (non-hydrogen) atoms. The first-order valence-corrected chi connectivity index (χ1v) is 10.6. The predicted octanol–water partition coefficient (Wildman–Crippen LogP) is 3.91. The van der Waals surface area contributed by atoms with Crippen LogP contribution in [-0.4, -0.2) is 13.0 Å². The number of benzene rings is 1. The fraction of sp³-hybridized carbons (Fsp3) is 0.286. The minimum absolute atomic E-state index is 0.140. The van der Waals surface area contributed by atoms with Gasteiger partial charge in [-0.25, -0.2) is 8.42 Å². The number of rotatable bonds is 4.